The summed E-state index contributed by atoms with van der Waals surface area (Å²) in [6.07, 6.45) is 1.82. The summed E-state index contributed by atoms with van der Waals surface area (Å²) in [6, 6.07) is 24.6. The van der Waals surface area contributed by atoms with Crippen molar-refractivity contribution in [3.8, 4) is 33.6 Å². The molecule has 0 atom stereocenters. The predicted molar refractivity (Wildman–Crippen MR) is 106 cm³/mol. The largest absolute Gasteiger partial charge is 0.256 e. The summed E-state index contributed by atoms with van der Waals surface area (Å²) in [7, 11) is 0. The van der Waals surface area contributed by atoms with Gasteiger partial charge in [0.15, 0.2) is 0 Å². The zero-order valence-corrected chi connectivity index (χ0v) is 14.8. The molecule has 2 heterocycles. The van der Waals surface area contributed by atoms with Crippen LogP contribution in [0.3, 0.4) is 0 Å². The zero-order chi connectivity index (χ0) is 17.9. The van der Waals surface area contributed by atoms with Crippen molar-refractivity contribution in [2.75, 3.05) is 0 Å². The summed E-state index contributed by atoms with van der Waals surface area (Å²) >= 11 is 0. The quantitative estimate of drug-likeness (QED) is 0.496. The molecule has 4 aromatic rings. The Bertz CT molecular complexity index is 1040. The highest BCUT2D eigenvalue weighted by atomic mass is 15.1. The van der Waals surface area contributed by atoms with Crippen LogP contribution >= 0.6 is 0 Å². The zero-order valence-electron chi connectivity index (χ0n) is 14.8. The lowest BCUT2D eigenvalue weighted by Crippen LogP contribution is -2.01. The minimum atomic E-state index is 0.875. The topological polar surface area (TPSA) is 38.7 Å². The number of nitrogens with zero attached hydrogens (tertiary/aromatic N) is 3. The third kappa shape index (κ3) is 2.88. The first kappa shape index (κ1) is 16.2. The van der Waals surface area contributed by atoms with Gasteiger partial charge in [0.1, 0.15) is 5.69 Å². The van der Waals surface area contributed by atoms with E-state index in [4.69, 9.17) is 0 Å². The van der Waals surface area contributed by atoms with Crippen molar-refractivity contribution < 1.29 is 0 Å². The number of pyridine rings is 1. The average Bonchev–Trinajstić information content (AvgIpc) is 2.70. The van der Waals surface area contributed by atoms with Gasteiger partial charge in [0.2, 0.25) is 0 Å². The third-order valence-corrected chi connectivity index (χ3v) is 4.53. The van der Waals surface area contributed by atoms with Crippen LogP contribution in [0.4, 0.5) is 0 Å². The van der Waals surface area contributed by atoms with Crippen LogP contribution in [0.2, 0.25) is 0 Å². The molecule has 3 heteroatoms. The molecule has 2 aromatic carbocycles. The minimum absolute atomic E-state index is 0.875. The molecule has 0 aliphatic carbocycles. The second-order valence-corrected chi connectivity index (χ2v) is 6.28. The Hall–Kier alpha value is -3.33. The molecule has 126 valence electrons. The molecular weight excluding hydrogens is 318 g/mol. The maximum Gasteiger partial charge on any atom is 0.102 e. The van der Waals surface area contributed by atoms with Gasteiger partial charge in [0.25, 0.3) is 0 Å². The Labute approximate surface area is 153 Å². The van der Waals surface area contributed by atoms with E-state index >= 15 is 0 Å². The van der Waals surface area contributed by atoms with Crippen LogP contribution in [0.25, 0.3) is 33.6 Å². The van der Waals surface area contributed by atoms with Crippen molar-refractivity contribution in [2.45, 2.75) is 13.8 Å². The fraction of sp³-hybridized carbons (Fsp3) is 0.0870. The lowest BCUT2D eigenvalue weighted by atomic mass is 9.91. The number of rotatable bonds is 3. The second-order valence-electron chi connectivity index (χ2n) is 6.28. The van der Waals surface area contributed by atoms with Gasteiger partial charge in [-0.25, -0.2) is 0 Å². The SMILES string of the molecule is Cc1ccccc1-c1nnc(C)c(-c2ccccn2)c1-c1ccccc1. The highest BCUT2D eigenvalue weighted by Crippen LogP contribution is 2.39. The Morgan fingerprint density at radius 1 is 0.654 bits per heavy atom. The molecule has 0 radical (unpaired) electrons. The molecule has 0 bridgehead atoms. The first-order valence-electron chi connectivity index (χ1n) is 8.66. The summed E-state index contributed by atoms with van der Waals surface area (Å²) in [5, 5.41) is 9.06. The van der Waals surface area contributed by atoms with Crippen LogP contribution in [-0.2, 0) is 0 Å². The molecule has 4 rings (SSSR count). The summed E-state index contributed by atoms with van der Waals surface area (Å²) in [5.41, 5.74) is 8.17. The molecular formula is C23H19N3. The minimum Gasteiger partial charge on any atom is -0.256 e. The van der Waals surface area contributed by atoms with Crippen LogP contribution in [0.1, 0.15) is 11.3 Å². The van der Waals surface area contributed by atoms with Crippen molar-refractivity contribution in [2.24, 2.45) is 0 Å². The summed E-state index contributed by atoms with van der Waals surface area (Å²) < 4.78 is 0. The van der Waals surface area contributed by atoms with Gasteiger partial charge in [0, 0.05) is 22.9 Å². The van der Waals surface area contributed by atoms with Gasteiger partial charge in [-0.2, -0.15) is 5.10 Å². The molecule has 0 spiro atoms. The predicted octanol–water partition coefficient (Wildman–Crippen LogP) is 5.49. The Kier molecular flexibility index (Phi) is 4.28. The average molecular weight is 337 g/mol. The monoisotopic (exact) mass is 337 g/mol. The summed E-state index contributed by atoms with van der Waals surface area (Å²) in [5.74, 6) is 0. The van der Waals surface area contributed by atoms with Crippen LogP contribution < -0.4 is 0 Å². The van der Waals surface area contributed by atoms with E-state index in [0.717, 1.165) is 39.3 Å². The van der Waals surface area contributed by atoms with Gasteiger partial charge < -0.3 is 0 Å². The molecule has 26 heavy (non-hydrogen) atoms. The number of aromatic nitrogens is 3. The molecule has 2 aromatic heterocycles. The first-order valence-corrected chi connectivity index (χ1v) is 8.66. The van der Waals surface area contributed by atoms with Crippen LogP contribution in [0.5, 0.6) is 0 Å². The lowest BCUT2D eigenvalue weighted by molar-refractivity contribution is 0.988. The Balaban J connectivity index is 2.10. The van der Waals surface area contributed by atoms with Crippen LogP contribution in [0.15, 0.2) is 79.0 Å². The molecule has 0 saturated carbocycles. The van der Waals surface area contributed by atoms with Crippen LogP contribution in [0, 0.1) is 13.8 Å². The Morgan fingerprint density at radius 3 is 2.12 bits per heavy atom. The van der Waals surface area contributed by atoms with Gasteiger partial charge in [-0.15, -0.1) is 5.10 Å². The highest BCUT2D eigenvalue weighted by Gasteiger charge is 2.20. The molecule has 0 amide bonds. The van der Waals surface area contributed by atoms with E-state index in [0.29, 0.717) is 0 Å². The molecule has 0 saturated heterocycles. The highest BCUT2D eigenvalue weighted by molar-refractivity contribution is 5.93. The summed E-state index contributed by atoms with van der Waals surface area (Å²) in [4.78, 5) is 4.59. The van der Waals surface area contributed by atoms with E-state index in [-0.39, 0.29) is 0 Å². The van der Waals surface area contributed by atoms with Gasteiger partial charge in [-0.1, -0.05) is 60.7 Å². The van der Waals surface area contributed by atoms with E-state index in [1.807, 2.05) is 49.5 Å². The summed E-state index contributed by atoms with van der Waals surface area (Å²) in [6.45, 7) is 4.09. The van der Waals surface area contributed by atoms with E-state index in [1.165, 1.54) is 5.56 Å². The third-order valence-electron chi connectivity index (χ3n) is 4.53. The van der Waals surface area contributed by atoms with Crippen molar-refractivity contribution in [3.63, 3.8) is 0 Å². The molecule has 0 aliphatic rings. The molecule has 0 N–H and O–H groups in total. The maximum absolute atomic E-state index is 4.59. The van der Waals surface area contributed by atoms with E-state index in [1.54, 1.807) is 0 Å². The van der Waals surface area contributed by atoms with E-state index in [9.17, 15) is 0 Å². The number of hydrogen-bond acceptors (Lipinski definition) is 3. The van der Waals surface area contributed by atoms with Crippen molar-refractivity contribution >= 4 is 0 Å². The van der Waals surface area contributed by atoms with Gasteiger partial charge in [0.05, 0.1) is 11.4 Å². The molecule has 0 fully saturated rings. The van der Waals surface area contributed by atoms with Crippen molar-refractivity contribution in [1.82, 2.24) is 15.2 Å². The van der Waals surface area contributed by atoms with Gasteiger partial charge in [-0.3, -0.25) is 4.98 Å². The van der Waals surface area contributed by atoms with Gasteiger partial charge >= 0.3 is 0 Å². The van der Waals surface area contributed by atoms with E-state index < -0.39 is 0 Å². The smallest absolute Gasteiger partial charge is 0.102 e. The normalized spacial score (nSPS) is 10.7. The molecule has 3 nitrogen and oxygen atoms in total. The number of aryl methyl sites for hydroxylation is 2. The number of hydrogen-bond donors (Lipinski definition) is 0. The standard InChI is InChI=1S/C23H19N3/c1-16-10-6-7-13-19(16)23-22(18-11-4-3-5-12-18)21(17(2)25-26-23)20-14-8-9-15-24-20/h3-15H,1-2H3. The first-order chi connectivity index (χ1) is 12.8. The fourth-order valence-electron chi connectivity index (χ4n) is 3.26. The maximum atomic E-state index is 4.59. The Morgan fingerprint density at radius 2 is 1.38 bits per heavy atom. The second kappa shape index (κ2) is 6.89. The van der Waals surface area contributed by atoms with Crippen molar-refractivity contribution in [3.05, 3.63) is 90.3 Å². The fourth-order valence-corrected chi connectivity index (χ4v) is 3.26. The van der Waals surface area contributed by atoms with Crippen LogP contribution in [-0.4, -0.2) is 15.2 Å². The molecule has 0 unspecified atom stereocenters. The van der Waals surface area contributed by atoms with Crippen molar-refractivity contribution in [1.29, 1.82) is 0 Å². The van der Waals surface area contributed by atoms with Gasteiger partial charge in [-0.05, 0) is 37.1 Å². The lowest BCUT2D eigenvalue weighted by Gasteiger charge is -2.17. The molecule has 0 aliphatic heterocycles. The number of benzene rings is 2. The van der Waals surface area contributed by atoms with E-state index in [2.05, 4.69) is 58.5 Å².